The molecule has 1 amide bonds. The molecule has 1 aromatic carbocycles. The number of carbonyl (C=O) groups is 1. The second-order valence-electron chi connectivity index (χ2n) is 3.93. The largest absolute Gasteiger partial charge is 1.00 e. The number of rotatable bonds is 3. The molecule has 0 radical (unpaired) electrons. The van der Waals surface area contributed by atoms with Gasteiger partial charge in [0.1, 0.15) is 5.75 Å². The zero-order valence-electron chi connectivity index (χ0n) is 11.8. The predicted octanol–water partition coefficient (Wildman–Crippen LogP) is -0.434. The minimum absolute atomic E-state index is 0. The van der Waals surface area contributed by atoms with E-state index in [0.29, 0.717) is 20.3 Å². The summed E-state index contributed by atoms with van der Waals surface area (Å²) in [6, 6.07) is 6.36. The van der Waals surface area contributed by atoms with E-state index in [2.05, 4.69) is 41.8 Å². The van der Waals surface area contributed by atoms with Crippen molar-refractivity contribution in [3.8, 4) is 5.75 Å². The van der Waals surface area contributed by atoms with E-state index in [9.17, 15) is 9.90 Å². The molecule has 0 bridgehead atoms. The van der Waals surface area contributed by atoms with Gasteiger partial charge in [-0.05, 0) is 55.5 Å². The second kappa shape index (κ2) is 8.79. The van der Waals surface area contributed by atoms with Gasteiger partial charge in [-0.3, -0.25) is 9.78 Å². The molecule has 5 nitrogen and oxygen atoms in total. The second-order valence-corrected chi connectivity index (χ2v) is 5.64. The molecule has 0 saturated carbocycles. The first-order valence-corrected chi connectivity index (χ1v) is 7.35. The number of ether oxygens (including phenoxy) is 1. The summed E-state index contributed by atoms with van der Waals surface area (Å²) in [7, 11) is 1.53. The molecule has 0 fully saturated rings. The average molecular weight is 436 g/mol. The Hall–Kier alpha value is -0.730. The number of aromatic nitrogens is 1. The molecule has 0 atom stereocenters. The number of aliphatic imine (C=N–C) groups is 1. The van der Waals surface area contributed by atoms with Crippen molar-refractivity contribution in [1.29, 1.82) is 0 Å². The van der Waals surface area contributed by atoms with E-state index in [-0.39, 0.29) is 35.1 Å². The van der Waals surface area contributed by atoms with Crippen LogP contribution in [0.1, 0.15) is 15.9 Å². The summed E-state index contributed by atoms with van der Waals surface area (Å²) in [5, 5.41) is 12.0. The van der Waals surface area contributed by atoms with Gasteiger partial charge in [-0.2, -0.15) is 0 Å². The van der Waals surface area contributed by atoms with Crippen LogP contribution >= 0.6 is 31.9 Å². The summed E-state index contributed by atoms with van der Waals surface area (Å²) >= 11 is 6.42. The van der Waals surface area contributed by atoms with Gasteiger partial charge in [-0.25, -0.2) is 4.99 Å². The van der Waals surface area contributed by atoms with Gasteiger partial charge >= 0.3 is 29.6 Å². The van der Waals surface area contributed by atoms with Crippen molar-refractivity contribution < 1.29 is 44.2 Å². The normalized spacial score (nSPS) is 10.8. The molecule has 0 unspecified atom stereocenters. The zero-order chi connectivity index (χ0) is 15.4. The Morgan fingerprint density at radius 1 is 1.18 bits per heavy atom. The van der Waals surface area contributed by atoms with E-state index < -0.39 is 11.8 Å². The van der Waals surface area contributed by atoms with Crippen LogP contribution in [0.15, 0.2) is 50.6 Å². The van der Waals surface area contributed by atoms with Crippen LogP contribution in [0.25, 0.3) is 0 Å². The van der Waals surface area contributed by atoms with E-state index in [4.69, 9.17) is 4.74 Å². The van der Waals surface area contributed by atoms with Crippen molar-refractivity contribution in [2.24, 2.45) is 4.99 Å². The molecule has 2 rings (SSSR count). The maximum Gasteiger partial charge on any atom is 1.00 e. The first-order valence-electron chi connectivity index (χ1n) is 5.76. The minimum Gasteiger partial charge on any atom is -0.858 e. The summed E-state index contributed by atoms with van der Waals surface area (Å²) in [5.74, 6) is -0.632. The Labute approximate surface area is 166 Å². The Morgan fingerprint density at radius 2 is 1.73 bits per heavy atom. The van der Waals surface area contributed by atoms with Crippen LogP contribution in [0.2, 0.25) is 0 Å². The Bertz CT molecular complexity index is 685. The standard InChI is InChI=1S/C14H10Br2N2O3.Na/c1-21-9-4-2-8(3-5-9)13(19)18-14(20)12-10(15)6-17-7-11(12)16;/h2-7H,1H3,(H,18,19,20);/q;+1/p-1. The number of carbonyl (C=O) groups excluding carboxylic acids is 1. The van der Waals surface area contributed by atoms with Crippen molar-refractivity contribution in [2.75, 3.05) is 7.11 Å². The minimum atomic E-state index is -0.642. The number of pyridine rings is 1. The van der Waals surface area contributed by atoms with Crippen LogP contribution < -0.4 is 39.4 Å². The van der Waals surface area contributed by atoms with Crippen molar-refractivity contribution in [3.05, 3.63) is 56.7 Å². The van der Waals surface area contributed by atoms with Gasteiger partial charge in [0.25, 0.3) is 5.91 Å². The summed E-state index contributed by atoms with van der Waals surface area (Å²) in [5.41, 5.74) is 0.567. The van der Waals surface area contributed by atoms with Gasteiger partial charge < -0.3 is 9.84 Å². The number of nitrogens with zero attached hydrogens (tertiary/aromatic N) is 2. The number of hydrogen-bond acceptors (Lipinski definition) is 4. The van der Waals surface area contributed by atoms with Crippen molar-refractivity contribution in [3.63, 3.8) is 0 Å². The maximum atomic E-state index is 12.1. The van der Waals surface area contributed by atoms with Crippen LogP contribution in [0.4, 0.5) is 0 Å². The van der Waals surface area contributed by atoms with Crippen LogP contribution in [0, 0.1) is 0 Å². The molecule has 1 heterocycles. The molecule has 0 saturated heterocycles. The first kappa shape index (κ1) is 19.3. The molecular weight excluding hydrogens is 427 g/mol. The number of benzene rings is 1. The number of halogens is 2. The van der Waals surface area contributed by atoms with Crippen LogP contribution in [-0.4, -0.2) is 23.9 Å². The van der Waals surface area contributed by atoms with Crippen LogP contribution in [-0.2, 0) is 0 Å². The third-order valence-electron chi connectivity index (χ3n) is 2.61. The molecule has 22 heavy (non-hydrogen) atoms. The van der Waals surface area contributed by atoms with Gasteiger partial charge in [0.05, 0.1) is 12.7 Å². The first-order chi connectivity index (χ1) is 10.0. The number of amides is 1. The van der Waals surface area contributed by atoms with Gasteiger partial charge in [0.15, 0.2) is 0 Å². The summed E-state index contributed by atoms with van der Waals surface area (Å²) < 4.78 is 5.93. The fourth-order valence-corrected chi connectivity index (χ4v) is 2.83. The number of hydrogen-bond donors (Lipinski definition) is 0. The molecule has 8 heteroatoms. The van der Waals surface area contributed by atoms with E-state index in [1.807, 2.05) is 0 Å². The van der Waals surface area contributed by atoms with Gasteiger partial charge in [-0.15, -0.1) is 0 Å². The van der Waals surface area contributed by atoms with E-state index in [1.165, 1.54) is 19.5 Å². The van der Waals surface area contributed by atoms with Gasteiger partial charge in [-0.1, -0.05) is 12.1 Å². The van der Waals surface area contributed by atoms with Crippen molar-refractivity contribution in [1.82, 2.24) is 4.98 Å². The van der Waals surface area contributed by atoms with E-state index in [0.717, 1.165) is 0 Å². The third-order valence-corrected chi connectivity index (χ3v) is 3.81. The summed E-state index contributed by atoms with van der Waals surface area (Å²) in [4.78, 5) is 19.6. The third kappa shape index (κ3) is 4.63. The molecule has 0 spiro atoms. The van der Waals surface area contributed by atoms with Crippen LogP contribution in [0.3, 0.4) is 0 Å². The molecular formula is C14H9Br2N2NaO3. The summed E-state index contributed by atoms with van der Waals surface area (Å²) in [6.07, 6.45) is 2.93. The fourth-order valence-electron chi connectivity index (χ4n) is 1.56. The maximum absolute atomic E-state index is 12.1. The molecule has 0 aliphatic rings. The SMILES string of the molecule is COc1ccc(C([O-])=NC(=O)c2c(Br)cncc2Br)cc1.[Na+]. The molecule has 108 valence electrons. The number of methoxy groups -OCH3 is 1. The smallest absolute Gasteiger partial charge is 0.858 e. The van der Waals surface area contributed by atoms with Gasteiger partial charge in [0.2, 0.25) is 0 Å². The molecule has 0 aliphatic heterocycles. The van der Waals surface area contributed by atoms with Gasteiger partial charge in [0, 0.05) is 21.3 Å². The zero-order valence-corrected chi connectivity index (χ0v) is 17.0. The molecule has 0 N–H and O–H groups in total. The molecule has 1 aromatic heterocycles. The molecule has 2 aromatic rings. The fraction of sp³-hybridized carbons (Fsp3) is 0.0714. The molecule has 0 aliphatic carbocycles. The monoisotopic (exact) mass is 434 g/mol. The van der Waals surface area contributed by atoms with E-state index in [1.54, 1.807) is 24.3 Å². The van der Waals surface area contributed by atoms with Crippen molar-refractivity contribution >= 4 is 43.7 Å². The average Bonchev–Trinajstić information content (AvgIpc) is 2.47. The Balaban J connectivity index is 0.00000242. The Kier molecular flexibility index (Phi) is 7.71. The van der Waals surface area contributed by atoms with Crippen LogP contribution in [0.5, 0.6) is 5.75 Å². The van der Waals surface area contributed by atoms with E-state index >= 15 is 0 Å². The predicted molar refractivity (Wildman–Crippen MR) is 83.5 cm³/mol. The topological polar surface area (TPSA) is 74.6 Å². The summed E-state index contributed by atoms with van der Waals surface area (Å²) in [6.45, 7) is 0. The Morgan fingerprint density at radius 3 is 2.23 bits per heavy atom. The quantitative estimate of drug-likeness (QED) is 0.372. The van der Waals surface area contributed by atoms with Crippen molar-refractivity contribution in [2.45, 2.75) is 0 Å².